The maximum atomic E-state index is 12.0. The van der Waals surface area contributed by atoms with Crippen molar-refractivity contribution in [3.8, 4) is 11.3 Å². The van der Waals surface area contributed by atoms with Crippen LogP contribution in [0.15, 0.2) is 41.3 Å². The molecule has 1 aliphatic carbocycles. The second-order valence-electron chi connectivity index (χ2n) is 8.56. The van der Waals surface area contributed by atoms with Gasteiger partial charge in [0.25, 0.3) is 0 Å². The number of carbonyl (C=O) groups excluding carboxylic acids is 1. The van der Waals surface area contributed by atoms with Gasteiger partial charge in [-0.05, 0) is 37.1 Å². The fourth-order valence-corrected chi connectivity index (χ4v) is 4.50. The molecule has 3 aromatic rings. The summed E-state index contributed by atoms with van der Waals surface area (Å²) in [6.07, 6.45) is 9.95. The molecule has 0 spiro atoms. The summed E-state index contributed by atoms with van der Waals surface area (Å²) in [5, 5.41) is 7.02. The van der Waals surface area contributed by atoms with Gasteiger partial charge in [-0.2, -0.15) is 4.98 Å². The van der Waals surface area contributed by atoms with Crippen LogP contribution < -0.4 is 10.6 Å². The summed E-state index contributed by atoms with van der Waals surface area (Å²) >= 11 is 0. The summed E-state index contributed by atoms with van der Waals surface area (Å²) < 4.78 is 5.36. The van der Waals surface area contributed by atoms with Gasteiger partial charge in [0.15, 0.2) is 12.2 Å². The van der Waals surface area contributed by atoms with Crippen molar-refractivity contribution in [2.75, 3.05) is 17.2 Å². The van der Waals surface area contributed by atoms with Crippen LogP contribution in [0.25, 0.3) is 11.3 Å². The molecule has 8 nitrogen and oxygen atoms in total. The van der Waals surface area contributed by atoms with E-state index >= 15 is 0 Å². The van der Waals surface area contributed by atoms with Gasteiger partial charge in [-0.3, -0.25) is 4.79 Å². The zero-order chi connectivity index (χ0) is 21.9. The molecular weight excluding hydrogens is 404 g/mol. The van der Waals surface area contributed by atoms with Crippen molar-refractivity contribution >= 4 is 23.4 Å². The molecule has 0 unspecified atom stereocenters. The lowest BCUT2D eigenvalue weighted by molar-refractivity contribution is -0.129. The molecule has 8 heteroatoms. The van der Waals surface area contributed by atoms with Gasteiger partial charge in [0.05, 0.1) is 18.4 Å². The number of benzene rings is 1. The van der Waals surface area contributed by atoms with Crippen molar-refractivity contribution in [2.24, 2.45) is 0 Å². The molecule has 1 amide bonds. The van der Waals surface area contributed by atoms with Crippen molar-refractivity contribution in [3.63, 3.8) is 0 Å². The molecule has 166 valence electrons. The molecule has 1 aromatic carbocycles. The summed E-state index contributed by atoms with van der Waals surface area (Å²) in [5.74, 6) is 2.25. The number of hydrogen-bond donors (Lipinski definition) is 2. The van der Waals surface area contributed by atoms with E-state index in [0.29, 0.717) is 25.1 Å². The number of oxazole rings is 1. The Balaban J connectivity index is 1.41. The number of rotatable bonds is 5. The number of nitrogens with one attached hydrogen (secondary N) is 2. The Kier molecular flexibility index (Phi) is 5.75. The van der Waals surface area contributed by atoms with Crippen LogP contribution in [0.3, 0.4) is 0 Å². The van der Waals surface area contributed by atoms with Crippen molar-refractivity contribution < 1.29 is 9.21 Å². The lowest BCUT2D eigenvalue weighted by Crippen LogP contribution is -2.36. The number of aromatic nitrogens is 3. The molecule has 32 heavy (non-hydrogen) atoms. The standard InChI is InChI=1S/C24H28N6O2/c1-16(31)30-12-11-21-20(14-30)23(26-18-5-3-2-4-6-18)29-24(28-21)27-19-9-7-17(8-10-19)22-13-25-15-32-22/h7-10,13,15,18H,2-6,11-12,14H2,1H3,(H2,26,27,28,29). The average Bonchev–Trinajstić information content (AvgIpc) is 3.35. The Morgan fingerprint density at radius 2 is 1.94 bits per heavy atom. The molecule has 0 saturated heterocycles. The SMILES string of the molecule is CC(=O)N1CCc2nc(Nc3ccc(-c4cnco4)cc3)nc(NC3CCCCC3)c2C1. The normalized spacial score (nSPS) is 16.5. The van der Waals surface area contributed by atoms with E-state index in [2.05, 4.69) is 15.6 Å². The third kappa shape index (κ3) is 4.44. The number of nitrogens with zero attached hydrogens (tertiary/aromatic N) is 4. The van der Waals surface area contributed by atoms with Crippen LogP contribution in [0.4, 0.5) is 17.5 Å². The van der Waals surface area contributed by atoms with Crippen LogP contribution in [0.1, 0.15) is 50.3 Å². The van der Waals surface area contributed by atoms with Crippen LogP contribution in [0.2, 0.25) is 0 Å². The van der Waals surface area contributed by atoms with Gasteiger partial charge in [0, 0.05) is 42.7 Å². The number of hydrogen-bond acceptors (Lipinski definition) is 7. The first-order valence-electron chi connectivity index (χ1n) is 11.3. The third-order valence-corrected chi connectivity index (χ3v) is 6.31. The lowest BCUT2D eigenvalue weighted by atomic mass is 9.95. The van der Waals surface area contributed by atoms with E-state index in [-0.39, 0.29) is 5.91 Å². The second-order valence-corrected chi connectivity index (χ2v) is 8.56. The van der Waals surface area contributed by atoms with E-state index in [1.165, 1.54) is 25.7 Å². The maximum Gasteiger partial charge on any atom is 0.229 e. The summed E-state index contributed by atoms with van der Waals surface area (Å²) in [5.41, 5.74) is 3.92. The van der Waals surface area contributed by atoms with Crippen LogP contribution in [-0.4, -0.2) is 38.3 Å². The van der Waals surface area contributed by atoms with E-state index in [0.717, 1.165) is 53.3 Å². The Hall–Kier alpha value is -3.42. The highest BCUT2D eigenvalue weighted by molar-refractivity contribution is 5.74. The van der Waals surface area contributed by atoms with Gasteiger partial charge in [0.2, 0.25) is 11.9 Å². The molecule has 0 atom stereocenters. The van der Waals surface area contributed by atoms with Gasteiger partial charge in [0.1, 0.15) is 5.82 Å². The van der Waals surface area contributed by atoms with Crippen LogP contribution in [-0.2, 0) is 17.8 Å². The lowest BCUT2D eigenvalue weighted by Gasteiger charge is -2.31. The van der Waals surface area contributed by atoms with Gasteiger partial charge >= 0.3 is 0 Å². The minimum Gasteiger partial charge on any atom is -0.444 e. The minimum absolute atomic E-state index is 0.0910. The zero-order valence-electron chi connectivity index (χ0n) is 18.3. The first-order chi connectivity index (χ1) is 15.7. The highest BCUT2D eigenvalue weighted by Crippen LogP contribution is 2.30. The molecule has 2 N–H and O–H groups in total. The zero-order valence-corrected chi connectivity index (χ0v) is 18.3. The van der Waals surface area contributed by atoms with E-state index in [1.54, 1.807) is 13.1 Å². The molecule has 2 aromatic heterocycles. The molecular formula is C24H28N6O2. The van der Waals surface area contributed by atoms with Gasteiger partial charge in [-0.25, -0.2) is 9.97 Å². The third-order valence-electron chi connectivity index (χ3n) is 6.31. The van der Waals surface area contributed by atoms with E-state index in [1.807, 2.05) is 29.2 Å². The quantitative estimate of drug-likeness (QED) is 0.612. The highest BCUT2D eigenvalue weighted by Gasteiger charge is 2.25. The monoisotopic (exact) mass is 432 g/mol. The van der Waals surface area contributed by atoms with E-state index in [9.17, 15) is 4.79 Å². The fourth-order valence-electron chi connectivity index (χ4n) is 4.50. The van der Waals surface area contributed by atoms with Crippen LogP contribution in [0, 0.1) is 0 Å². The molecule has 1 aliphatic heterocycles. The number of amides is 1. The maximum absolute atomic E-state index is 12.0. The number of carbonyl (C=O) groups is 1. The molecule has 0 radical (unpaired) electrons. The van der Waals surface area contributed by atoms with Gasteiger partial charge < -0.3 is 20.0 Å². The van der Waals surface area contributed by atoms with Crippen LogP contribution >= 0.6 is 0 Å². The Bertz CT molecular complexity index is 1070. The Morgan fingerprint density at radius 1 is 1.12 bits per heavy atom. The molecule has 5 rings (SSSR count). The first-order valence-corrected chi connectivity index (χ1v) is 11.3. The average molecular weight is 433 g/mol. The number of fused-ring (bicyclic) bond motifs is 1. The highest BCUT2D eigenvalue weighted by atomic mass is 16.3. The molecule has 2 aliphatic rings. The van der Waals surface area contributed by atoms with Crippen LogP contribution in [0.5, 0.6) is 0 Å². The van der Waals surface area contributed by atoms with Crippen molar-refractivity contribution in [2.45, 2.75) is 58.0 Å². The molecule has 1 fully saturated rings. The van der Waals surface area contributed by atoms with Crippen molar-refractivity contribution in [3.05, 3.63) is 48.1 Å². The molecule has 0 bridgehead atoms. The molecule has 3 heterocycles. The van der Waals surface area contributed by atoms with Gasteiger partial charge in [-0.15, -0.1) is 0 Å². The first kappa shape index (κ1) is 20.5. The molecule has 1 saturated carbocycles. The predicted molar refractivity (Wildman–Crippen MR) is 123 cm³/mol. The fraction of sp³-hybridized carbons (Fsp3) is 0.417. The Labute approximate surface area is 187 Å². The summed E-state index contributed by atoms with van der Waals surface area (Å²) in [7, 11) is 0. The second kappa shape index (κ2) is 8.98. The van der Waals surface area contributed by atoms with Gasteiger partial charge in [-0.1, -0.05) is 19.3 Å². The summed E-state index contributed by atoms with van der Waals surface area (Å²) in [4.78, 5) is 27.5. The number of anilines is 3. The topological polar surface area (TPSA) is 96.2 Å². The Morgan fingerprint density at radius 3 is 2.66 bits per heavy atom. The predicted octanol–water partition coefficient (Wildman–Crippen LogP) is 4.52. The van der Waals surface area contributed by atoms with Crippen molar-refractivity contribution in [1.82, 2.24) is 19.9 Å². The minimum atomic E-state index is 0.0910. The summed E-state index contributed by atoms with van der Waals surface area (Å²) in [6.45, 7) is 2.87. The van der Waals surface area contributed by atoms with E-state index < -0.39 is 0 Å². The van der Waals surface area contributed by atoms with Crippen molar-refractivity contribution in [1.29, 1.82) is 0 Å². The summed E-state index contributed by atoms with van der Waals surface area (Å²) in [6, 6.07) is 8.34. The largest absolute Gasteiger partial charge is 0.444 e. The smallest absolute Gasteiger partial charge is 0.229 e. The van der Waals surface area contributed by atoms with E-state index in [4.69, 9.17) is 14.4 Å².